The number of nitrogens with one attached hydrogen (secondary N) is 2. The maximum Gasteiger partial charge on any atom is 0.335 e. The van der Waals surface area contributed by atoms with E-state index in [9.17, 15) is 14.4 Å². The number of aryl methyl sites for hydroxylation is 1. The zero-order chi connectivity index (χ0) is 19.0. The molecule has 0 aromatic heterocycles. The minimum absolute atomic E-state index is 0.127. The molecular formula is C19H19N3O4. The van der Waals surface area contributed by atoms with Crippen LogP contribution in [0.3, 0.4) is 0 Å². The molecule has 1 heterocycles. The Hall–Kier alpha value is -3.35. The topological polar surface area (TPSA) is 98.7 Å². The highest BCUT2D eigenvalue weighted by Gasteiger charge is 2.27. The van der Waals surface area contributed by atoms with Gasteiger partial charge in [0.15, 0.2) is 0 Å². The fourth-order valence-electron chi connectivity index (χ4n) is 2.89. The highest BCUT2D eigenvalue weighted by Crippen LogP contribution is 2.32. The molecule has 3 N–H and O–H groups in total. The van der Waals surface area contributed by atoms with Crippen LogP contribution < -0.4 is 15.5 Å². The SMILES string of the molecule is Cc1cc(NC(=O)c2ccc3c(c2)NC(=O)C(C)N3C)ccc1C(=O)O. The minimum Gasteiger partial charge on any atom is -0.478 e. The Bertz CT molecular complexity index is 923. The number of carboxylic acids is 1. The first kappa shape index (κ1) is 17.5. The molecule has 2 amide bonds. The van der Waals surface area contributed by atoms with E-state index >= 15 is 0 Å². The summed E-state index contributed by atoms with van der Waals surface area (Å²) in [4.78, 5) is 37.4. The fourth-order valence-corrected chi connectivity index (χ4v) is 2.89. The summed E-state index contributed by atoms with van der Waals surface area (Å²) in [6, 6.07) is 9.44. The van der Waals surface area contributed by atoms with Gasteiger partial charge in [-0.3, -0.25) is 9.59 Å². The minimum atomic E-state index is -1.01. The summed E-state index contributed by atoms with van der Waals surface area (Å²) in [5.41, 5.74) is 3.08. The zero-order valence-corrected chi connectivity index (χ0v) is 14.7. The van der Waals surface area contributed by atoms with E-state index in [1.807, 2.05) is 18.9 Å². The number of amides is 2. The molecule has 7 nitrogen and oxygen atoms in total. The molecule has 26 heavy (non-hydrogen) atoms. The van der Waals surface area contributed by atoms with Gasteiger partial charge in [0, 0.05) is 18.3 Å². The second-order valence-corrected chi connectivity index (χ2v) is 6.30. The third-order valence-electron chi connectivity index (χ3n) is 4.57. The Morgan fingerprint density at radius 2 is 1.92 bits per heavy atom. The summed E-state index contributed by atoms with van der Waals surface area (Å²) >= 11 is 0. The first-order valence-electron chi connectivity index (χ1n) is 8.11. The lowest BCUT2D eigenvalue weighted by atomic mass is 10.1. The molecule has 0 aliphatic carbocycles. The number of carboxylic acid groups (broad SMARTS) is 1. The second kappa shape index (κ2) is 6.51. The molecule has 0 saturated heterocycles. The lowest BCUT2D eigenvalue weighted by molar-refractivity contribution is -0.117. The number of aromatic carboxylic acids is 1. The molecule has 134 valence electrons. The van der Waals surface area contributed by atoms with E-state index in [0.29, 0.717) is 22.5 Å². The third-order valence-corrected chi connectivity index (χ3v) is 4.57. The van der Waals surface area contributed by atoms with Crippen molar-refractivity contribution in [1.82, 2.24) is 0 Å². The number of likely N-dealkylation sites (N-methyl/N-ethyl adjacent to an activating group) is 1. The molecule has 7 heteroatoms. The molecule has 2 aromatic rings. The lowest BCUT2D eigenvalue weighted by Gasteiger charge is -2.33. The van der Waals surface area contributed by atoms with Crippen LogP contribution in [-0.2, 0) is 4.79 Å². The number of carbonyl (C=O) groups excluding carboxylic acids is 2. The van der Waals surface area contributed by atoms with Crippen molar-refractivity contribution in [3.05, 3.63) is 53.1 Å². The van der Waals surface area contributed by atoms with Crippen molar-refractivity contribution >= 4 is 34.8 Å². The first-order valence-corrected chi connectivity index (χ1v) is 8.11. The molecule has 0 saturated carbocycles. The molecule has 1 aliphatic heterocycles. The molecule has 1 aliphatic rings. The molecule has 0 bridgehead atoms. The quantitative estimate of drug-likeness (QED) is 0.788. The summed E-state index contributed by atoms with van der Waals surface area (Å²) in [6.07, 6.45) is 0. The summed E-state index contributed by atoms with van der Waals surface area (Å²) in [5.74, 6) is -1.48. The van der Waals surface area contributed by atoms with Crippen molar-refractivity contribution in [2.75, 3.05) is 22.6 Å². The van der Waals surface area contributed by atoms with Crippen LogP contribution in [0.5, 0.6) is 0 Å². The van der Waals surface area contributed by atoms with Gasteiger partial charge in [0.25, 0.3) is 5.91 Å². The van der Waals surface area contributed by atoms with Crippen molar-refractivity contribution in [3.63, 3.8) is 0 Å². The van der Waals surface area contributed by atoms with Crippen LogP contribution >= 0.6 is 0 Å². The highest BCUT2D eigenvalue weighted by molar-refractivity contribution is 6.08. The molecule has 3 rings (SSSR count). The van der Waals surface area contributed by atoms with Crippen LogP contribution in [0.2, 0.25) is 0 Å². The van der Waals surface area contributed by atoms with Crippen molar-refractivity contribution in [2.45, 2.75) is 19.9 Å². The van der Waals surface area contributed by atoms with E-state index in [2.05, 4.69) is 10.6 Å². The predicted octanol–water partition coefficient (Wildman–Crippen LogP) is 2.72. The average Bonchev–Trinajstić information content (AvgIpc) is 2.59. The van der Waals surface area contributed by atoms with Gasteiger partial charge in [-0.2, -0.15) is 0 Å². The van der Waals surface area contributed by atoms with Crippen LogP contribution in [0.15, 0.2) is 36.4 Å². The van der Waals surface area contributed by atoms with Crippen LogP contribution in [0.25, 0.3) is 0 Å². The van der Waals surface area contributed by atoms with E-state index in [-0.39, 0.29) is 23.4 Å². The molecule has 0 fully saturated rings. The number of anilines is 3. The number of hydrogen-bond acceptors (Lipinski definition) is 4. The van der Waals surface area contributed by atoms with E-state index < -0.39 is 5.97 Å². The van der Waals surface area contributed by atoms with Crippen molar-refractivity contribution < 1.29 is 19.5 Å². The van der Waals surface area contributed by atoms with E-state index in [1.54, 1.807) is 37.3 Å². The van der Waals surface area contributed by atoms with Gasteiger partial charge in [0.05, 0.1) is 16.9 Å². The molecule has 2 aromatic carbocycles. The van der Waals surface area contributed by atoms with Gasteiger partial charge in [-0.15, -0.1) is 0 Å². The molecule has 0 spiro atoms. The Balaban J connectivity index is 1.83. The van der Waals surface area contributed by atoms with Crippen LogP contribution in [-0.4, -0.2) is 36.0 Å². The number of fused-ring (bicyclic) bond motifs is 1. The molecule has 1 unspecified atom stereocenters. The van der Waals surface area contributed by atoms with Crippen LogP contribution in [0.1, 0.15) is 33.2 Å². The highest BCUT2D eigenvalue weighted by atomic mass is 16.4. The third kappa shape index (κ3) is 3.11. The smallest absolute Gasteiger partial charge is 0.335 e. The van der Waals surface area contributed by atoms with E-state index in [0.717, 1.165) is 5.69 Å². The first-order chi connectivity index (χ1) is 12.3. The van der Waals surface area contributed by atoms with Gasteiger partial charge >= 0.3 is 5.97 Å². The van der Waals surface area contributed by atoms with Crippen molar-refractivity contribution in [2.24, 2.45) is 0 Å². The van der Waals surface area contributed by atoms with Gasteiger partial charge in [0.2, 0.25) is 5.91 Å². The maximum absolute atomic E-state index is 12.5. The van der Waals surface area contributed by atoms with Crippen molar-refractivity contribution in [3.8, 4) is 0 Å². The van der Waals surface area contributed by atoms with Gasteiger partial charge < -0.3 is 20.6 Å². The van der Waals surface area contributed by atoms with Crippen LogP contribution in [0.4, 0.5) is 17.1 Å². The standard InChI is InChI=1S/C19H19N3O4/c1-10-8-13(5-6-14(10)19(25)26)20-18(24)12-4-7-16-15(9-12)21-17(23)11(2)22(16)3/h4-9,11H,1-3H3,(H,20,24)(H,21,23)(H,25,26). The second-order valence-electron chi connectivity index (χ2n) is 6.30. The predicted molar refractivity (Wildman–Crippen MR) is 99.0 cm³/mol. The van der Waals surface area contributed by atoms with E-state index in [4.69, 9.17) is 5.11 Å². The van der Waals surface area contributed by atoms with Gasteiger partial charge in [0.1, 0.15) is 6.04 Å². The Morgan fingerprint density at radius 3 is 2.58 bits per heavy atom. The molecule has 0 radical (unpaired) electrons. The summed E-state index contributed by atoms with van der Waals surface area (Å²) < 4.78 is 0. The number of rotatable bonds is 3. The Morgan fingerprint density at radius 1 is 1.19 bits per heavy atom. The molecule has 1 atom stereocenters. The van der Waals surface area contributed by atoms with Gasteiger partial charge in [-0.1, -0.05) is 0 Å². The fraction of sp³-hybridized carbons (Fsp3) is 0.211. The van der Waals surface area contributed by atoms with Gasteiger partial charge in [-0.25, -0.2) is 4.79 Å². The monoisotopic (exact) mass is 353 g/mol. The number of nitrogens with zero attached hydrogens (tertiary/aromatic N) is 1. The Labute approximate surface area is 150 Å². The normalized spacial score (nSPS) is 15.9. The summed E-state index contributed by atoms with van der Waals surface area (Å²) in [6.45, 7) is 3.48. The average molecular weight is 353 g/mol. The maximum atomic E-state index is 12.5. The number of hydrogen-bond donors (Lipinski definition) is 3. The van der Waals surface area contributed by atoms with Gasteiger partial charge in [-0.05, 0) is 55.8 Å². The summed E-state index contributed by atoms with van der Waals surface area (Å²) in [7, 11) is 1.83. The summed E-state index contributed by atoms with van der Waals surface area (Å²) in [5, 5.41) is 14.6. The lowest BCUT2D eigenvalue weighted by Crippen LogP contribution is -2.43. The Kier molecular flexibility index (Phi) is 4.38. The molecular weight excluding hydrogens is 334 g/mol. The van der Waals surface area contributed by atoms with Crippen LogP contribution in [0, 0.1) is 6.92 Å². The largest absolute Gasteiger partial charge is 0.478 e. The van der Waals surface area contributed by atoms with E-state index in [1.165, 1.54) is 6.07 Å². The van der Waals surface area contributed by atoms with Crippen molar-refractivity contribution in [1.29, 1.82) is 0 Å². The number of carbonyl (C=O) groups is 3. The zero-order valence-electron chi connectivity index (χ0n) is 14.7. The number of benzene rings is 2.